The zero-order valence-electron chi connectivity index (χ0n) is 22.5. The average Bonchev–Trinajstić information content (AvgIpc) is 3.67. The number of nitrogens with one attached hydrogen (secondary N) is 2. The third-order valence-electron chi connectivity index (χ3n) is 8.47. The van der Waals surface area contributed by atoms with Crippen molar-refractivity contribution < 1.29 is 9.15 Å². The van der Waals surface area contributed by atoms with Crippen LogP contribution in [0.3, 0.4) is 0 Å². The molecule has 0 unspecified atom stereocenters. The topological polar surface area (TPSA) is 106 Å². The molecule has 0 radical (unpaired) electrons. The first-order chi connectivity index (χ1) is 18.4. The van der Waals surface area contributed by atoms with E-state index in [4.69, 9.17) is 9.15 Å². The summed E-state index contributed by atoms with van der Waals surface area (Å²) < 4.78 is 13.5. The van der Waals surface area contributed by atoms with Crippen LogP contribution in [-0.4, -0.2) is 49.5 Å². The molecule has 0 amide bonds. The molecule has 2 N–H and O–H groups in total. The van der Waals surface area contributed by atoms with Crippen molar-refractivity contribution in [2.24, 2.45) is 0 Å². The van der Waals surface area contributed by atoms with Crippen LogP contribution < -0.4 is 5.32 Å². The van der Waals surface area contributed by atoms with E-state index in [2.05, 4.69) is 71.4 Å². The minimum atomic E-state index is 0.00240. The van der Waals surface area contributed by atoms with Crippen LogP contribution in [0.1, 0.15) is 89.4 Å². The fourth-order valence-electron chi connectivity index (χ4n) is 6.19. The minimum absolute atomic E-state index is 0.00240. The van der Waals surface area contributed by atoms with Gasteiger partial charge >= 0.3 is 0 Å². The summed E-state index contributed by atoms with van der Waals surface area (Å²) in [4.78, 5) is 11.0. The largest absolute Gasteiger partial charge is 0.423 e. The molecule has 198 valence electrons. The highest BCUT2D eigenvalue weighted by atomic mass is 32.1. The van der Waals surface area contributed by atoms with Crippen LogP contribution in [0.15, 0.2) is 16.9 Å². The first kappa shape index (κ1) is 24.0. The summed E-state index contributed by atoms with van der Waals surface area (Å²) in [6.45, 7) is 13.3. The molecular formula is C28H33N7O2S. The first-order valence-corrected chi connectivity index (χ1v) is 14.3. The number of rotatable bonds is 5. The van der Waals surface area contributed by atoms with Crippen molar-refractivity contribution in [3.05, 3.63) is 51.4 Å². The van der Waals surface area contributed by atoms with Crippen molar-refractivity contribution in [3.8, 4) is 11.3 Å². The monoisotopic (exact) mass is 531 g/mol. The van der Waals surface area contributed by atoms with E-state index in [9.17, 15) is 0 Å². The van der Waals surface area contributed by atoms with Gasteiger partial charge in [0.05, 0.1) is 18.9 Å². The maximum atomic E-state index is 6.07. The third-order valence-corrected chi connectivity index (χ3v) is 9.84. The van der Waals surface area contributed by atoms with Crippen molar-refractivity contribution in [2.75, 3.05) is 19.8 Å². The van der Waals surface area contributed by atoms with Crippen molar-refractivity contribution >= 4 is 27.2 Å². The molecule has 0 spiro atoms. The van der Waals surface area contributed by atoms with Gasteiger partial charge in [0, 0.05) is 34.5 Å². The maximum absolute atomic E-state index is 6.07. The number of nitrogens with zero attached hydrogens (tertiary/aromatic N) is 5. The van der Waals surface area contributed by atoms with Gasteiger partial charge in [-0.1, -0.05) is 13.8 Å². The fraction of sp³-hybridized carbons (Fsp3) is 0.500. The van der Waals surface area contributed by atoms with E-state index in [1.165, 1.54) is 48.6 Å². The summed E-state index contributed by atoms with van der Waals surface area (Å²) in [6.07, 6.45) is 5.84. The number of thiophene rings is 1. The molecule has 1 aliphatic carbocycles. The van der Waals surface area contributed by atoms with E-state index in [-0.39, 0.29) is 6.04 Å². The Kier molecular flexibility index (Phi) is 5.68. The second-order valence-electron chi connectivity index (χ2n) is 11.1. The van der Waals surface area contributed by atoms with E-state index >= 15 is 0 Å². The van der Waals surface area contributed by atoms with Crippen molar-refractivity contribution in [2.45, 2.75) is 71.3 Å². The highest BCUT2D eigenvalue weighted by Crippen LogP contribution is 2.53. The highest BCUT2D eigenvalue weighted by Gasteiger charge is 2.38. The highest BCUT2D eigenvalue weighted by molar-refractivity contribution is 7.19. The lowest BCUT2D eigenvalue weighted by molar-refractivity contribution is 0.0672. The summed E-state index contributed by atoms with van der Waals surface area (Å²) in [5.41, 5.74) is 8.53. The van der Waals surface area contributed by atoms with Gasteiger partial charge in [-0.25, -0.2) is 9.50 Å². The van der Waals surface area contributed by atoms with Crippen LogP contribution in [0.4, 0.5) is 0 Å². The second kappa shape index (κ2) is 9.00. The Morgan fingerprint density at radius 2 is 1.87 bits per heavy atom. The quantitative estimate of drug-likeness (QED) is 0.300. The molecule has 7 rings (SSSR count). The molecule has 2 fully saturated rings. The fourth-order valence-corrected chi connectivity index (χ4v) is 7.54. The van der Waals surface area contributed by atoms with Gasteiger partial charge < -0.3 is 19.5 Å². The van der Waals surface area contributed by atoms with Gasteiger partial charge in [0.2, 0.25) is 11.8 Å². The molecule has 2 aliphatic rings. The van der Waals surface area contributed by atoms with Crippen molar-refractivity contribution in [1.82, 2.24) is 35.1 Å². The third kappa shape index (κ3) is 3.65. The average molecular weight is 532 g/mol. The minimum Gasteiger partial charge on any atom is -0.423 e. The molecule has 5 aromatic rings. The molecule has 0 aromatic carbocycles. The van der Waals surface area contributed by atoms with Gasteiger partial charge in [0.15, 0.2) is 5.65 Å². The Balaban J connectivity index is 1.18. The maximum Gasteiger partial charge on any atom is 0.235 e. The van der Waals surface area contributed by atoms with Crippen LogP contribution in [0.25, 0.3) is 27.1 Å². The molecule has 1 saturated heterocycles. The Hall–Kier alpha value is -3.08. The normalized spacial score (nSPS) is 22.1. The number of morpholine rings is 1. The molecule has 1 saturated carbocycles. The number of H-pyrrole nitrogens is 1. The zero-order chi connectivity index (χ0) is 26.1. The van der Waals surface area contributed by atoms with Gasteiger partial charge in [-0.3, -0.25) is 0 Å². The SMILES string of the molecule is Cc1c(-c2[nH]c3sc([C@H]4C[C@H](c5nnc([C@H]6COCCN6)o5)C4)c(C)c3c2C(C)C)cn2ncnc2c1C. The Morgan fingerprint density at radius 1 is 1.05 bits per heavy atom. The van der Waals surface area contributed by atoms with Crippen LogP contribution in [0.2, 0.25) is 0 Å². The number of hydrogen-bond acceptors (Lipinski definition) is 8. The molecule has 10 heteroatoms. The molecule has 1 atom stereocenters. The number of aromatic nitrogens is 6. The summed E-state index contributed by atoms with van der Waals surface area (Å²) in [7, 11) is 0. The Bertz CT molecular complexity index is 1650. The van der Waals surface area contributed by atoms with Crippen LogP contribution in [0.5, 0.6) is 0 Å². The van der Waals surface area contributed by atoms with Crippen molar-refractivity contribution in [1.29, 1.82) is 0 Å². The van der Waals surface area contributed by atoms with E-state index in [1.807, 2.05) is 15.9 Å². The summed E-state index contributed by atoms with van der Waals surface area (Å²) in [6, 6.07) is 0.00240. The number of aryl methyl sites for hydroxylation is 2. The van der Waals surface area contributed by atoms with Crippen LogP contribution in [0, 0.1) is 20.8 Å². The number of aromatic amines is 1. The Morgan fingerprint density at radius 3 is 2.63 bits per heavy atom. The molecule has 6 heterocycles. The lowest BCUT2D eigenvalue weighted by atomic mass is 9.73. The standard InChI is InChI=1S/C28H33N7O2S/c1-13(2)21-22-16(5)24(17-8-18(9-17)26-33-34-27(37-26)20-11-36-7-6-29-20)38-28(22)32-23(21)19-10-35-25(30-12-31-35)15(4)14(19)3/h10,12-13,17-18,20,29,32H,6-9,11H2,1-5H3/t17-,18-,20-/m1/s1. The molecule has 38 heavy (non-hydrogen) atoms. The Labute approximate surface area is 225 Å². The smallest absolute Gasteiger partial charge is 0.235 e. The van der Waals surface area contributed by atoms with E-state index in [0.29, 0.717) is 30.3 Å². The van der Waals surface area contributed by atoms with Gasteiger partial charge in [0.1, 0.15) is 17.2 Å². The molecular weight excluding hydrogens is 498 g/mol. The second-order valence-corrected chi connectivity index (χ2v) is 12.2. The summed E-state index contributed by atoms with van der Waals surface area (Å²) >= 11 is 1.91. The summed E-state index contributed by atoms with van der Waals surface area (Å²) in [5.74, 6) is 2.65. The van der Waals surface area contributed by atoms with Gasteiger partial charge in [-0.15, -0.1) is 21.5 Å². The van der Waals surface area contributed by atoms with Crippen molar-refractivity contribution in [3.63, 3.8) is 0 Å². The van der Waals surface area contributed by atoms with Crippen LogP contribution in [-0.2, 0) is 4.74 Å². The van der Waals surface area contributed by atoms with E-state index in [1.54, 1.807) is 6.33 Å². The molecule has 0 bridgehead atoms. The lowest BCUT2D eigenvalue weighted by Gasteiger charge is -2.33. The molecule has 1 aliphatic heterocycles. The lowest BCUT2D eigenvalue weighted by Crippen LogP contribution is -2.34. The summed E-state index contributed by atoms with van der Waals surface area (Å²) in [5, 5.41) is 17.9. The predicted octanol–water partition coefficient (Wildman–Crippen LogP) is 5.69. The number of ether oxygens (including phenoxy) is 1. The zero-order valence-corrected chi connectivity index (χ0v) is 23.3. The van der Waals surface area contributed by atoms with Gasteiger partial charge in [-0.05, 0) is 67.7 Å². The molecule has 9 nitrogen and oxygen atoms in total. The number of fused-ring (bicyclic) bond motifs is 2. The first-order valence-electron chi connectivity index (χ1n) is 13.5. The van der Waals surface area contributed by atoms with E-state index < -0.39 is 0 Å². The van der Waals surface area contributed by atoms with Gasteiger partial charge in [0.25, 0.3) is 0 Å². The van der Waals surface area contributed by atoms with Gasteiger partial charge in [-0.2, -0.15) is 5.10 Å². The molecule has 5 aromatic heterocycles. The predicted molar refractivity (Wildman–Crippen MR) is 147 cm³/mol. The van der Waals surface area contributed by atoms with Crippen LogP contribution >= 0.6 is 11.3 Å². The number of pyridine rings is 1. The van der Waals surface area contributed by atoms with E-state index in [0.717, 1.165) is 37.5 Å². The number of hydrogen-bond donors (Lipinski definition) is 2.